The molecule has 5 aromatic heterocycles. The molecular formula is C54H53F2N9O13S4. The van der Waals surface area contributed by atoms with E-state index < -0.39 is 69.2 Å². The Morgan fingerprint density at radius 2 is 1.66 bits per heavy atom. The molecule has 0 radical (unpaired) electrons. The topological polar surface area (TPSA) is 318 Å². The van der Waals surface area contributed by atoms with Gasteiger partial charge in [0.05, 0.1) is 50.8 Å². The second-order valence-corrected chi connectivity index (χ2v) is 23.5. The van der Waals surface area contributed by atoms with Crippen LogP contribution in [0.5, 0.6) is 5.88 Å². The van der Waals surface area contributed by atoms with Crippen LogP contribution in [0.25, 0.3) is 44.2 Å². The molecule has 0 aliphatic rings. The maximum absolute atomic E-state index is 14.4. The zero-order chi connectivity index (χ0) is 58.7. The summed E-state index contributed by atoms with van der Waals surface area (Å²) < 4.78 is 71.7. The number of fused-ring (bicyclic) bond motifs is 2. The minimum atomic E-state index is -4.48. The van der Waals surface area contributed by atoms with Crippen molar-refractivity contribution in [2.24, 2.45) is 0 Å². The molecule has 430 valence electrons. The highest BCUT2D eigenvalue weighted by Crippen LogP contribution is 2.34. The van der Waals surface area contributed by atoms with Gasteiger partial charge in [0, 0.05) is 60.1 Å². The normalized spacial score (nSPS) is 12.7. The van der Waals surface area contributed by atoms with Gasteiger partial charge in [0.25, 0.3) is 21.5 Å². The number of pyridine rings is 3. The molecule has 0 saturated carbocycles. The lowest BCUT2D eigenvalue weighted by Gasteiger charge is -2.23. The Morgan fingerprint density at radius 1 is 0.866 bits per heavy atom. The van der Waals surface area contributed by atoms with Gasteiger partial charge in [-0.05, 0) is 104 Å². The van der Waals surface area contributed by atoms with Gasteiger partial charge in [0.15, 0.2) is 6.29 Å². The van der Waals surface area contributed by atoms with E-state index in [4.69, 9.17) is 14.2 Å². The Kier molecular flexibility index (Phi) is 20.1. The highest BCUT2D eigenvalue weighted by Gasteiger charge is 2.26. The summed E-state index contributed by atoms with van der Waals surface area (Å²) in [5.41, 5.74) is 4.67. The van der Waals surface area contributed by atoms with Gasteiger partial charge in [-0.25, -0.2) is 32.0 Å². The number of nitrogens with one attached hydrogen (secondary N) is 4. The molecule has 28 heteroatoms. The van der Waals surface area contributed by atoms with Gasteiger partial charge in [-0.1, -0.05) is 39.8 Å². The van der Waals surface area contributed by atoms with E-state index in [9.17, 15) is 56.8 Å². The number of halogens is 2. The van der Waals surface area contributed by atoms with Crippen molar-refractivity contribution in [1.82, 2.24) is 35.6 Å². The zero-order valence-electron chi connectivity index (χ0n) is 43.7. The summed E-state index contributed by atoms with van der Waals surface area (Å²) >= 11 is 1.17. The number of aryl methyl sites for hydroxylation is 1. The van der Waals surface area contributed by atoms with Gasteiger partial charge in [-0.3, -0.25) is 34.4 Å². The van der Waals surface area contributed by atoms with Crippen molar-refractivity contribution < 1.29 is 66.2 Å². The van der Waals surface area contributed by atoms with Crippen LogP contribution in [-0.4, -0.2) is 129 Å². The maximum Gasteiger partial charge on any atom is 0.508 e. The van der Waals surface area contributed by atoms with Crippen LogP contribution in [0.1, 0.15) is 39.6 Å². The van der Waals surface area contributed by atoms with Crippen LogP contribution in [0.2, 0.25) is 0 Å². The number of hydrogen-bond donors (Lipinski definition) is 8. The lowest BCUT2D eigenvalue weighted by Crippen LogP contribution is -2.47. The number of thiophene rings is 1. The van der Waals surface area contributed by atoms with E-state index in [1.54, 1.807) is 80.0 Å². The number of rotatable bonds is 26. The van der Waals surface area contributed by atoms with Crippen LogP contribution in [-0.2, 0) is 37.4 Å². The number of anilines is 2. The standard InChI is InChI=1S/C54H53F2N9O13S4/c1-29-59-41-9-4-30(22-37(41)49(67)60-29)26-65(2)48-17-14-45(81-48)50(68)62-43(52(69)70)13-16-47(66)61-44(53(71)72)28-80-79-21-20-77-54(73)78-27-34-8-5-32(25-58-34)35-18-19-57-40-10-6-31(23-36(35)40)39-11-12-42(51(63-39)76-3)64-82(74,75)46-15-7-33(55)24-38(46)56/h4-12,14-15,17-19,22-25,43-44,47,52,61,64,66,69-70H,13,16,20-21,26-28H2,1-3H3,(H,62,68)(H,71,72)(H,59,60,67)/t43-,44?,47?/m0/s1. The van der Waals surface area contributed by atoms with Crippen molar-refractivity contribution in [3.05, 3.63) is 153 Å². The Bertz CT molecular complexity index is 3790. The number of nitrogens with zero attached hydrogens (tertiary/aromatic N) is 5. The van der Waals surface area contributed by atoms with Crippen LogP contribution in [0.15, 0.2) is 119 Å². The first-order valence-corrected chi connectivity index (χ1v) is 29.6. The minimum absolute atomic E-state index is 0.00547. The van der Waals surface area contributed by atoms with Gasteiger partial charge in [-0.15, -0.1) is 11.3 Å². The molecule has 0 aliphatic carbocycles. The van der Waals surface area contributed by atoms with E-state index in [1.165, 1.54) is 35.3 Å². The van der Waals surface area contributed by atoms with E-state index in [1.807, 2.05) is 24.1 Å². The highest BCUT2D eigenvalue weighted by atomic mass is 33.1. The molecule has 8 N–H and O–H groups in total. The average Bonchev–Trinajstić information content (AvgIpc) is 4.04. The van der Waals surface area contributed by atoms with Crippen molar-refractivity contribution in [1.29, 1.82) is 0 Å². The quantitative estimate of drug-likeness (QED) is 0.0117. The van der Waals surface area contributed by atoms with Crippen LogP contribution >= 0.6 is 32.9 Å². The molecule has 8 rings (SSSR count). The third-order valence-electron chi connectivity index (χ3n) is 12.3. The molecular weight excluding hydrogens is 1150 g/mol. The van der Waals surface area contributed by atoms with Crippen LogP contribution < -0.4 is 30.6 Å². The minimum Gasteiger partial charge on any atom is -0.480 e. The Balaban J connectivity index is 0.746. The van der Waals surface area contributed by atoms with E-state index >= 15 is 0 Å². The molecule has 1 amide bonds. The third kappa shape index (κ3) is 15.6. The molecule has 0 saturated heterocycles. The molecule has 3 atom stereocenters. The van der Waals surface area contributed by atoms with E-state index in [-0.39, 0.29) is 59.6 Å². The second kappa shape index (κ2) is 27.3. The summed E-state index contributed by atoms with van der Waals surface area (Å²) in [6.07, 6.45) is -1.36. The molecule has 8 aromatic rings. The number of sulfonamides is 1. The van der Waals surface area contributed by atoms with Crippen molar-refractivity contribution in [3.63, 3.8) is 0 Å². The molecule has 5 heterocycles. The smallest absolute Gasteiger partial charge is 0.480 e. The largest absolute Gasteiger partial charge is 0.508 e. The molecule has 3 aromatic carbocycles. The lowest BCUT2D eigenvalue weighted by atomic mass is 9.99. The molecule has 0 bridgehead atoms. The summed E-state index contributed by atoms with van der Waals surface area (Å²) in [4.78, 5) is 72.0. The number of aromatic amines is 1. The number of hydrogen-bond acceptors (Lipinski definition) is 21. The lowest BCUT2D eigenvalue weighted by molar-refractivity contribution is -0.140. The van der Waals surface area contributed by atoms with Gasteiger partial charge >= 0.3 is 12.1 Å². The number of aromatic nitrogens is 5. The van der Waals surface area contributed by atoms with Gasteiger partial charge in [0.2, 0.25) is 5.88 Å². The zero-order valence-corrected chi connectivity index (χ0v) is 47.0. The van der Waals surface area contributed by atoms with E-state index in [2.05, 4.69) is 40.3 Å². The number of carbonyl (C=O) groups excluding carboxylic acids is 2. The fraction of sp³-hybridized carbons (Fsp3) is 0.259. The van der Waals surface area contributed by atoms with Gasteiger partial charge in [0.1, 0.15) is 53.5 Å². The maximum atomic E-state index is 14.4. The number of H-pyrrole nitrogens is 1. The first kappa shape index (κ1) is 60.3. The molecule has 0 spiro atoms. The number of carboxylic acid groups (broad SMARTS) is 1. The number of carboxylic acids is 1. The van der Waals surface area contributed by atoms with E-state index in [0.29, 0.717) is 57.4 Å². The average molecular weight is 1200 g/mol. The number of aliphatic carboxylic acids is 1. The predicted molar refractivity (Wildman–Crippen MR) is 306 cm³/mol. The van der Waals surface area contributed by atoms with Crippen molar-refractivity contribution in [3.8, 4) is 28.3 Å². The Labute approximate surface area is 478 Å². The summed E-state index contributed by atoms with van der Waals surface area (Å²) in [6.45, 7) is 1.85. The SMILES string of the molecule is COc1nc(-c2ccc3nccc(-c4ccc(COC(=O)OCCSSCC(NC(O)CC[C@H](NC(=O)c5ccc(N(C)Cc6ccc7nc(C)[nH]c(=O)c7c6)s5)C(O)O)C(=O)O)nc4)c3c2)ccc1NS(=O)(=O)c1ccc(F)cc1F. The molecule has 82 heavy (non-hydrogen) atoms. The molecule has 0 fully saturated rings. The van der Waals surface area contributed by atoms with Gasteiger partial charge in [-0.2, -0.15) is 0 Å². The highest BCUT2D eigenvalue weighted by molar-refractivity contribution is 8.76. The molecule has 2 unspecified atom stereocenters. The van der Waals surface area contributed by atoms with Gasteiger partial charge < -0.3 is 49.8 Å². The van der Waals surface area contributed by atoms with Crippen molar-refractivity contribution in [2.75, 3.05) is 41.9 Å². The Hall–Kier alpha value is -7.83. The Morgan fingerprint density at radius 3 is 2.40 bits per heavy atom. The third-order valence-corrected chi connectivity index (χ3v) is 17.3. The number of methoxy groups -OCH3 is 1. The number of aliphatic hydroxyl groups is 3. The first-order valence-electron chi connectivity index (χ1n) is 24.8. The summed E-state index contributed by atoms with van der Waals surface area (Å²) in [5, 5.41) is 47.7. The summed E-state index contributed by atoms with van der Waals surface area (Å²) in [6, 6.07) is 22.0. The number of benzene rings is 3. The number of amides is 1. The van der Waals surface area contributed by atoms with E-state index in [0.717, 1.165) is 44.4 Å². The van der Waals surface area contributed by atoms with Crippen molar-refractivity contribution in [2.45, 2.75) is 62.4 Å². The number of carbonyl (C=O) groups is 3. The fourth-order valence-corrected chi connectivity index (χ4v) is 12.2. The van der Waals surface area contributed by atoms with Crippen LogP contribution in [0.3, 0.4) is 0 Å². The van der Waals surface area contributed by atoms with Crippen LogP contribution in [0.4, 0.5) is 24.3 Å². The van der Waals surface area contributed by atoms with Crippen LogP contribution in [0, 0.1) is 18.6 Å². The molecule has 0 aliphatic heterocycles. The fourth-order valence-electron chi connectivity index (χ4n) is 8.25. The summed E-state index contributed by atoms with van der Waals surface area (Å²) in [7, 11) is 1.01. The first-order chi connectivity index (χ1) is 39.2. The predicted octanol–water partition coefficient (Wildman–Crippen LogP) is 6.97. The second-order valence-electron chi connectivity index (χ2n) is 18.2. The monoisotopic (exact) mass is 1200 g/mol. The summed E-state index contributed by atoms with van der Waals surface area (Å²) in [5.74, 6) is -3.36. The molecule has 22 nitrogen and oxygen atoms in total. The van der Waals surface area contributed by atoms with Crippen molar-refractivity contribution >= 4 is 93.5 Å². The number of aliphatic hydroxyl groups excluding tert-OH is 2. The number of ether oxygens (including phenoxy) is 3.